The predicted octanol–water partition coefficient (Wildman–Crippen LogP) is 5.06. The van der Waals surface area contributed by atoms with Gasteiger partial charge < -0.3 is 9.80 Å². The number of fused-ring (bicyclic) bond motifs is 2. The van der Waals surface area contributed by atoms with Gasteiger partial charge in [0.1, 0.15) is 0 Å². The summed E-state index contributed by atoms with van der Waals surface area (Å²) in [5, 5.41) is 0. The van der Waals surface area contributed by atoms with E-state index in [2.05, 4.69) is 11.8 Å². The molecule has 0 radical (unpaired) electrons. The molecule has 2 fully saturated rings. The van der Waals surface area contributed by atoms with E-state index in [0.29, 0.717) is 13.1 Å². The van der Waals surface area contributed by atoms with Crippen LogP contribution in [0.15, 0.2) is 91.0 Å². The van der Waals surface area contributed by atoms with Crippen molar-refractivity contribution in [2.24, 2.45) is 0 Å². The van der Waals surface area contributed by atoms with Crippen LogP contribution in [0.3, 0.4) is 0 Å². The van der Waals surface area contributed by atoms with Crippen molar-refractivity contribution in [3.8, 4) is 11.8 Å². The SMILES string of the molecule is O=C(N1C[C@H]2CCC[C@@H](C1)N2C(=O)C#Cc1ccccc1)N(c1ccccc1)c1ccccc1. The van der Waals surface area contributed by atoms with Crippen LogP contribution in [-0.2, 0) is 4.79 Å². The number of piperazine rings is 1. The second-order valence-corrected chi connectivity index (χ2v) is 8.76. The first-order chi connectivity index (χ1) is 16.7. The van der Waals surface area contributed by atoms with Gasteiger partial charge in [-0.3, -0.25) is 9.69 Å². The number of benzene rings is 3. The molecule has 0 N–H and O–H groups in total. The van der Waals surface area contributed by atoms with E-state index in [-0.39, 0.29) is 24.0 Å². The molecule has 3 aromatic carbocycles. The number of carbonyl (C=O) groups is 2. The molecule has 34 heavy (non-hydrogen) atoms. The first-order valence-corrected chi connectivity index (χ1v) is 11.8. The summed E-state index contributed by atoms with van der Waals surface area (Å²) in [6.45, 7) is 1.04. The summed E-state index contributed by atoms with van der Waals surface area (Å²) in [6, 6.07) is 28.9. The zero-order valence-corrected chi connectivity index (χ0v) is 19.0. The molecule has 3 aromatic rings. The average molecular weight is 450 g/mol. The highest BCUT2D eigenvalue weighted by Crippen LogP contribution is 2.32. The third-order valence-corrected chi connectivity index (χ3v) is 6.54. The maximum Gasteiger partial charge on any atom is 0.329 e. The number of carbonyl (C=O) groups excluding carboxylic acids is 2. The Morgan fingerprint density at radius 2 is 1.24 bits per heavy atom. The van der Waals surface area contributed by atoms with E-state index in [1.807, 2.05) is 101 Å². The summed E-state index contributed by atoms with van der Waals surface area (Å²) >= 11 is 0. The molecule has 0 unspecified atom stereocenters. The molecule has 2 aliphatic rings. The number of anilines is 2. The number of hydrogen-bond donors (Lipinski definition) is 0. The lowest BCUT2D eigenvalue weighted by Gasteiger charge is -2.50. The number of nitrogens with zero attached hydrogens (tertiary/aromatic N) is 3. The number of urea groups is 1. The van der Waals surface area contributed by atoms with Gasteiger partial charge in [-0.1, -0.05) is 60.5 Å². The molecule has 2 heterocycles. The highest BCUT2D eigenvalue weighted by atomic mass is 16.2. The first kappa shape index (κ1) is 21.8. The standard InChI is InChI=1S/C29H27N3O2/c33-28(20-19-23-11-4-1-5-12-23)31-26-17-10-18-27(31)22-30(21-26)29(34)32(24-13-6-2-7-14-24)25-15-8-3-9-16-25/h1-9,11-16,26-27H,10,17-18,21-22H2/t26-,27+. The lowest BCUT2D eigenvalue weighted by molar-refractivity contribution is -0.135. The minimum atomic E-state index is -0.145. The van der Waals surface area contributed by atoms with Crippen LogP contribution >= 0.6 is 0 Å². The molecule has 0 aromatic heterocycles. The summed E-state index contributed by atoms with van der Waals surface area (Å²) < 4.78 is 0. The Balaban J connectivity index is 1.38. The number of hydrogen-bond acceptors (Lipinski definition) is 2. The number of rotatable bonds is 2. The fourth-order valence-corrected chi connectivity index (χ4v) is 4.97. The minimum absolute atomic E-state index is 0.0116. The third-order valence-electron chi connectivity index (χ3n) is 6.54. The molecule has 2 aliphatic heterocycles. The monoisotopic (exact) mass is 449 g/mol. The number of amides is 3. The number of likely N-dealkylation sites (tertiary alicyclic amines) is 1. The first-order valence-electron chi connectivity index (χ1n) is 11.8. The maximum atomic E-state index is 13.8. The highest BCUT2D eigenvalue weighted by molar-refractivity contribution is 6.00. The molecule has 0 saturated carbocycles. The Labute approximate surface area is 200 Å². The van der Waals surface area contributed by atoms with Gasteiger partial charge in [0.05, 0.1) is 23.5 Å². The zero-order valence-electron chi connectivity index (χ0n) is 19.0. The number of para-hydroxylation sites is 2. The molecule has 2 saturated heterocycles. The van der Waals surface area contributed by atoms with Gasteiger partial charge in [0, 0.05) is 24.6 Å². The van der Waals surface area contributed by atoms with E-state index in [1.54, 1.807) is 4.90 Å². The van der Waals surface area contributed by atoms with Gasteiger partial charge in [-0.2, -0.15) is 0 Å². The lowest BCUT2D eigenvalue weighted by Crippen LogP contribution is -2.64. The largest absolute Gasteiger partial charge is 0.329 e. The van der Waals surface area contributed by atoms with Crippen LogP contribution < -0.4 is 4.90 Å². The molecule has 5 heteroatoms. The van der Waals surface area contributed by atoms with Gasteiger partial charge in [0.2, 0.25) is 0 Å². The van der Waals surface area contributed by atoms with Crippen LogP contribution in [0.4, 0.5) is 16.2 Å². The van der Waals surface area contributed by atoms with Gasteiger partial charge >= 0.3 is 6.03 Å². The summed E-state index contributed by atoms with van der Waals surface area (Å²) in [6.07, 6.45) is 2.83. The van der Waals surface area contributed by atoms with Gasteiger partial charge in [0.25, 0.3) is 5.91 Å². The lowest BCUT2D eigenvalue weighted by atomic mass is 9.91. The second kappa shape index (κ2) is 9.84. The molecule has 170 valence electrons. The summed E-state index contributed by atoms with van der Waals surface area (Å²) in [7, 11) is 0. The fourth-order valence-electron chi connectivity index (χ4n) is 4.97. The van der Waals surface area contributed by atoms with Crippen molar-refractivity contribution < 1.29 is 9.59 Å². The van der Waals surface area contributed by atoms with Crippen molar-refractivity contribution in [2.45, 2.75) is 31.3 Å². The van der Waals surface area contributed by atoms with E-state index in [1.165, 1.54) is 0 Å². The van der Waals surface area contributed by atoms with Crippen LogP contribution in [-0.4, -0.2) is 46.9 Å². The van der Waals surface area contributed by atoms with Crippen LogP contribution in [0.25, 0.3) is 0 Å². The molecule has 5 nitrogen and oxygen atoms in total. The maximum absolute atomic E-state index is 13.8. The number of piperidine rings is 1. The summed E-state index contributed by atoms with van der Waals surface area (Å²) in [5.74, 6) is 5.69. The van der Waals surface area contributed by atoms with Gasteiger partial charge in [-0.25, -0.2) is 4.79 Å². The molecule has 2 bridgehead atoms. The normalized spacial score (nSPS) is 19.1. The van der Waals surface area contributed by atoms with Crippen molar-refractivity contribution in [2.75, 3.05) is 18.0 Å². The second-order valence-electron chi connectivity index (χ2n) is 8.76. The van der Waals surface area contributed by atoms with E-state index in [4.69, 9.17) is 0 Å². The topological polar surface area (TPSA) is 43.9 Å². The Bertz CT molecular complexity index is 1150. The van der Waals surface area contributed by atoms with Crippen molar-refractivity contribution in [1.82, 2.24) is 9.80 Å². The van der Waals surface area contributed by atoms with Crippen molar-refractivity contribution >= 4 is 23.3 Å². The molecule has 0 aliphatic carbocycles. The van der Waals surface area contributed by atoms with Crippen molar-refractivity contribution in [3.05, 3.63) is 96.6 Å². The van der Waals surface area contributed by atoms with Gasteiger partial charge in [-0.05, 0) is 55.7 Å². The Morgan fingerprint density at radius 3 is 1.76 bits per heavy atom. The van der Waals surface area contributed by atoms with Gasteiger partial charge in [0.15, 0.2) is 0 Å². The van der Waals surface area contributed by atoms with E-state index in [0.717, 1.165) is 36.2 Å². The molecule has 3 amide bonds. The van der Waals surface area contributed by atoms with E-state index in [9.17, 15) is 9.59 Å². The van der Waals surface area contributed by atoms with Crippen LogP contribution in [0.2, 0.25) is 0 Å². The van der Waals surface area contributed by atoms with E-state index < -0.39 is 0 Å². The molecule has 2 atom stereocenters. The Morgan fingerprint density at radius 1 is 0.735 bits per heavy atom. The molecule has 5 rings (SSSR count). The Kier molecular flexibility index (Phi) is 6.31. The van der Waals surface area contributed by atoms with Gasteiger partial charge in [-0.15, -0.1) is 0 Å². The molecular weight excluding hydrogens is 422 g/mol. The Hall–Kier alpha value is -4.04. The quantitative estimate of drug-likeness (QED) is 0.513. The average Bonchev–Trinajstić information content (AvgIpc) is 2.88. The van der Waals surface area contributed by atoms with Crippen LogP contribution in [0.1, 0.15) is 24.8 Å². The predicted molar refractivity (Wildman–Crippen MR) is 134 cm³/mol. The van der Waals surface area contributed by atoms with Crippen molar-refractivity contribution in [3.63, 3.8) is 0 Å². The summed E-state index contributed by atoms with van der Waals surface area (Å²) in [5.41, 5.74) is 2.49. The molecule has 0 spiro atoms. The van der Waals surface area contributed by atoms with Crippen LogP contribution in [0.5, 0.6) is 0 Å². The third kappa shape index (κ3) is 4.53. The highest BCUT2D eigenvalue weighted by Gasteiger charge is 2.42. The minimum Gasteiger partial charge on any atom is -0.322 e. The molecular formula is C29H27N3O2. The summed E-state index contributed by atoms with van der Waals surface area (Å²) in [4.78, 5) is 32.5. The smallest absolute Gasteiger partial charge is 0.322 e. The zero-order chi connectivity index (χ0) is 23.3. The van der Waals surface area contributed by atoms with E-state index >= 15 is 0 Å². The van der Waals surface area contributed by atoms with Crippen molar-refractivity contribution in [1.29, 1.82) is 0 Å². The fraction of sp³-hybridized carbons (Fsp3) is 0.241. The van der Waals surface area contributed by atoms with Crippen LogP contribution in [0, 0.1) is 11.8 Å².